The normalized spacial score (nSPS) is 12.9. The molecule has 0 fully saturated rings. The van der Waals surface area contributed by atoms with Crippen molar-refractivity contribution in [2.45, 2.75) is 25.7 Å². The van der Waals surface area contributed by atoms with Gasteiger partial charge < -0.3 is 15.4 Å². The molecular formula is C19H23N3O2. The van der Waals surface area contributed by atoms with Crippen molar-refractivity contribution in [3.8, 4) is 5.75 Å². The van der Waals surface area contributed by atoms with Gasteiger partial charge in [0.25, 0.3) is 0 Å². The summed E-state index contributed by atoms with van der Waals surface area (Å²) in [6.07, 6.45) is 3.34. The van der Waals surface area contributed by atoms with Gasteiger partial charge in [0.15, 0.2) is 0 Å². The Hall–Kier alpha value is -2.56. The van der Waals surface area contributed by atoms with Crippen LogP contribution in [0.15, 0.2) is 36.4 Å². The van der Waals surface area contributed by atoms with Crippen LogP contribution >= 0.6 is 0 Å². The monoisotopic (exact) mass is 325 g/mol. The second-order valence-corrected chi connectivity index (χ2v) is 5.97. The number of anilines is 1. The molecule has 1 amide bonds. The lowest BCUT2D eigenvalue weighted by Gasteiger charge is -2.17. The standard InChI is InChI=1S/C19H23N3O2/c1-24-17-6-2-4-14(12-17)13-18(23)20-11-9-16-8-7-15-5-3-10-21-19(15)22-16/h2,4,6-8,12H,3,5,9-11,13H2,1H3,(H,20,23)(H,21,22). The number of ether oxygens (including phenoxy) is 1. The summed E-state index contributed by atoms with van der Waals surface area (Å²) in [6.45, 7) is 1.58. The van der Waals surface area contributed by atoms with Gasteiger partial charge in [-0.3, -0.25) is 4.79 Å². The Kier molecular flexibility index (Phi) is 5.31. The quantitative estimate of drug-likeness (QED) is 0.856. The van der Waals surface area contributed by atoms with E-state index in [4.69, 9.17) is 4.74 Å². The molecule has 1 aliphatic heterocycles. The summed E-state index contributed by atoms with van der Waals surface area (Å²) >= 11 is 0. The number of carbonyl (C=O) groups is 1. The number of methoxy groups -OCH3 is 1. The molecule has 0 spiro atoms. The largest absolute Gasteiger partial charge is 0.497 e. The molecule has 2 N–H and O–H groups in total. The minimum atomic E-state index is 0.0133. The molecule has 126 valence electrons. The lowest BCUT2D eigenvalue weighted by atomic mass is 10.1. The molecular weight excluding hydrogens is 302 g/mol. The molecule has 0 aliphatic carbocycles. The third kappa shape index (κ3) is 4.25. The zero-order chi connectivity index (χ0) is 16.8. The maximum atomic E-state index is 12.1. The zero-order valence-electron chi connectivity index (χ0n) is 14.0. The number of aryl methyl sites for hydroxylation is 1. The van der Waals surface area contributed by atoms with E-state index in [0.29, 0.717) is 13.0 Å². The zero-order valence-corrected chi connectivity index (χ0v) is 14.0. The highest BCUT2D eigenvalue weighted by atomic mass is 16.5. The number of carbonyl (C=O) groups excluding carboxylic acids is 1. The Morgan fingerprint density at radius 2 is 2.25 bits per heavy atom. The molecule has 5 nitrogen and oxygen atoms in total. The number of amides is 1. The number of fused-ring (bicyclic) bond motifs is 1. The molecule has 0 bridgehead atoms. The highest BCUT2D eigenvalue weighted by Gasteiger charge is 2.10. The fraction of sp³-hybridized carbons (Fsp3) is 0.368. The van der Waals surface area contributed by atoms with Gasteiger partial charge >= 0.3 is 0 Å². The van der Waals surface area contributed by atoms with Crippen LogP contribution in [0.2, 0.25) is 0 Å². The highest BCUT2D eigenvalue weighted by Crippen LogP contribution is 2.19. The Bertz CT molecular complexity index is 716. The minimum absolute atomic E-state index is 0.0133. The molecule has 2 aromatic rings. The van der Waals surface area contributed by atoms with Crippen LogP contribution in [0.1, 0.15) is 23.2 Å². The molecule has 0 saturated heterocycles. The van der Waals surface area contributed by atoms with Crippen molar-refractivity contribution in [1.82, 2.24) is 10.3 Å². The predicted octanol–water partition coefficient (Wildman–Crippen LogP) is 2.35. The van der Waals surface area contributed by atoms with Gasteiger partial charge in [-0.15, -0.1) is 0 Å². The molecule has 5 heteroatoms. The van der Waals surface area contributed by atoms with Gasteiger partial charge in [-0.2, -0.15) is 0 Å². The molecule has 0 saturated carbocycles. The average molecular weight is 325 g/mol. The number of nitrogens with one attached hydrogen (secondary N) is 2. The van der Waals surface area contributed by atoms with Gasteiger partial charge in [-0.1, -0.05) is 18.2 Å². The van der Waals surface area contributed by atoms with Crippen LogP contribution < -0.4 is 15.4 Å². The van der Waals surface area contributed by atoms with E-state index < -0.39 is 0 Å². The third-order valence-corrected chi connectivity index (χ3v) is 4.15. The molecule has 0 radical (unpaired) electrons. The van der Waals surface area contributed by atoms with E-state index >= 15 is 0 Å². The van der Waals surface area contributed by atoms with Crippen molar-refractivity contribution in [3.05, 3.63) is 53.2 Å². The van der Waals surface area contributed by atoms with Crippen molar-refractivity contribution in [3.63, 3.8) is 0 Å². The van der Waals surface area contributed by atoms with Gasteiger partial charge in [0.05, 0.1) is 13.5 Å². The van der Waals surface area contributed by atoms with E-state index in [2.05, 4.69) is 27.8 Å². The maximum absolute atomic E-state index is 12.1. The van der Waals surface area contributed by atoms with E-state index in [1.54, 1.807) is 7.11 Å². The third-order valence-electron chi connectivity index (χ3n) is 4.15. The van der Waals surface area contributed by atoms with Crippen molar-refractivity contribution in [2.75, 3.05) is 25.5 Å². The second-order valence-electron chi connectivity index (χ2n) is 5.97. The summed E-state index contributed by atoms with van der Waals surface area (Å²) in [6, 6.07) is 11.8. The lowest BCUT2D eigenvalue weighted by Crippen LogP contribution is -2.27. The van der Waals surface area contributed by atoms with Crippen LogP contribution in [0.5, 0.6) is 5.75 Å². The molecule has 1 aromatic carbocycles. The minimum Gasteiger partial charge on any atom is -0.497 e. The summed E-state index contributed by atoms with van der Waals surface area (Å²) in [5.74, 6) is 1.78. The van der Waals surface area contributed by atoms with Crippen LogP contribution in [-0.4, -0.2) is 31.1 Å². The number of hydrogen-bond donors (Lipinski definition) is 2. The SMILES string of the molecule is COc1cccc(CC(=O)NCCc2ccc3c(n2)NCCC3)c1. The van der Waals surface area contributed by atoms with Crippen molar-refractivity contribution >= 4 is 11.7 Å². The Morgan fingerprint density at radius 1 is 1.33 bits per heavy atom. The average Bonchev–Trinajstić information content (AvgIpc) is 2.62. The number of rotatable bonds is 6. The molecule has 1 aromatic heterocycles. The fourth-order valence-corrected chi connectivity index (χ4v) is 2.87. The van der Waals surface area contributed by atoms with Gasteiger partial charge in [0, 0.05) is 25.2 Å². The maximum Gasteiger partial charge on any atom is 0.224 e. The van der Waals surface area contributed by atoms with Gasteiger partial charge in [0.2, 0.25) is 5.91 Å². The molecule has 24 heavy (non-hydrogen) atoms. The van der Waals surface area contributed by atoms with Gasteiger partial charge in [-0.05, 0) is 42.2 Å². The van der Waals surface area contributed by atoms with E-state index in [-0.39, 0.29) is 5.91 Å². The fourth-order valence-electron chi connectivity index (χ4n) is 2.87. The lowest BCUT2D eigenvalue weighted by molar-refractivity contribution is -0.120. The van der Waals surface area contributed by atoms with Crippen LogP contribution in [0.25, 0.3) is 0 Å². The topological polar surface area (TPSA) is 63.2 Å². The van der Waals surface area contributed by atoms with Gasteiger partial charge in [-0.25, -0.2) is 4.98 Å². The summed E-state index contributed by atoms with van der Waals surface area (Å²) in [5.41, 5.74) is 3.24. The Balaban J connectivity index is 1.48. The smallest absolute Gasteiger partial charge is 0.224 e. The molecule has 0 atom stereocenters. The predicted molar refractivity (Wildman–Crippen MR) is 94.5 cm³/mol. The van der Waals surface area contributed by atoms with Crippen LogP contribution in [0, 0.1) is 0 Å². The second kappa shape index (κ2) is 7.81. The van der Waals surface area contributed by atoms with Crippen molar-refractivity contribution < 1.29 is 9.53 Å². The summed E-state index contributed by atoms with van der Waals surface area (Å²) in [5, 5.41) is 6.29. The molecule has 0 unspecified atom stereocenters. The van der Waals surface area contributed by atoms with Gasteiger partial charge in [0.1, 0.15) is 11.6 Å². The molecule has 1 aliphatic rings. The first-order valence-corrected chi connectivity index (χ1v) is 8.37. The van der Waals surface area contributed by atoms with Crippen molar-refractivity contribution in [1.29, 1.82) is 0 Å². The summed E-state index contributed by atoms with van der Waals surface area (Å²) in [4.78, 5) is 16.7. The van der Waals surface area contributed by atoms with Crippen molar-refractivity contribution in [2.24, 2.45) is 0 Å². The molecule has 2 heterocycles. The van der Waals surface area contributed by atoms with E-state index in [1.165, 1.54) is 5.56 Å². The number of benzene rings is 1. The summed E-state index contributed by atoms with van der Waals surface area (Å²) in [7, 11) is 1.62. The first-order valence-electron chi connectivity index (χ1n) is 8.37. The van der Waals surface area contributed by atoms with E-state index in [1.807, 2.05) is 24.3 Å². The first-order chi connectivity index (χ1) is 11.7. The Labute approximate surface area is 142 Å². The van der Waals surface area contributed by atoms with Crippen LogP contribution in [-0.2, 0) is 24.1 Å². The summed E-state index contributed by atoms with van der Waals surface area (Å²) < 4.78 is 5.17. The molecule has 3 rings (SSSR count). The van der Waals surface area contributed by atoms with E-state index in [0.717, 1.165) is 48.6 Å². The number of aromatic nitrogens is 1. The van der Waals surface area contributed by atoms with E-state index in [9.17, 15) is 4.79 Å². The Morgan fingerprint density at radius 3 is 3.12 bits per heavy atom. The van der Waals surface area contributed by atoms with Crippen LogP contribution in [0.4, 0.5) is 5.82 Å². The highest BCUT2D eigenvalue weighted by molar-refractivity contribution is 5.78. The number of nitrogens with zero attached hydrogens (tertiary/aromatic N) is 1. The van der Waals surface area contributed by atoms with Crippen LogP contribution in [0.3, 0.4) is 0 Å². The number of hydrogen-bond acceptors (Lipinski definition) is 4. The number of pyridine rings is 1. The first kappa shape index (κ1) is 16.3.